The van der Waals surface area contributed by atoms with Crippen LogP contribution in [-0.4, -0.2) is 29.1 Å². The van der Waals surface area contributed by atoms with Crippen LogP contribution in [0.4, 0.5) is 5.69 Å². The first-order valence-corrected chi connectivity index (χ1v) is 6.82. The van der Waals surface area contributed by atoms with Crippen molar-refractivity contribution in [2.24, 2.45) is 5.92 Å². The molecule has 0 heterocycles. The van der Waals surface area contributed by atoms with Gasteiger partial charge >= 0.3 is 0 Å². The fraction of sp³-hybridized carbons (Fsp3) is 0.462. The maximum absolute atomic E-state index is 11.6. The molecule has 0 aliphatic rings. The fourth-order valence-corrected chi connectivity index (χ4v) is 2.21. The lowest BCUT2D eigenvalue weighted by molar-refractivity contribution is -0.113. The molecule has 1 unspecified atom stereocenters. The molecule has 3 nitrogen and oxygen atoms in total. The van der Waals surface area contributed by atoms with Gasteiger partial charge in [-0.1, -0.05) is 19.1 Å². The van der Waals surface area contributed by atoms with Crippen LogP contribution in [0.25, 0.3) is 0 Å². The van der Waals surface area contributed by atoms with Crippen molar-refractivity contribution in [1.82, 2.24) is 0 Å². The SMILES string of the molecule is Cc1cccc(NC(=O)CSCC(C)CO)c1. The molecule has 1 atom stereocenters. The van der Waals surface area contributed by atoms with Crippen molar-refractivity contribution in [2.75, 3.05) is 23.4 Å². The largest absolute Gasteiger partial charge is 0.396 e. The number of rotatable bonds is 6. The molecule has 0 fully saturated rings. The molecule has 1 aromatic carbocycles. The van der Waals surface area contributed by atoms with Crippen molar-refractivity contribution in [3.63, 3.8) is 0 Å². The highest BCUT2D eigenvalue weighted by atomic mass is 32.2. The number of carbonyl (C=O) groups is 1. The van der Waals surface area contributed by atoms with Crippen molar-refractivity contribution >= 4 is 23.4 Å². The summed E-state index contributed by atoms with van der Waals surface area (Å²) in [5.41, 5.74) is 1.97. The van der Waals surface area contributed by atoms with E-state index in [1.54, 1.807) is 11.8 Å². The van der Waals surface area contributed by atoms with Gasteiger partial charge in [-0.25, -0.2) is 0 Å². The Morgan fingerprint density at radius 3 is 2.94 bits per heavy atom. The number of hydrogen-bond acceptors (Lipinski definition) is 3. The van der Waals surface area contributed by atoms with Gasteiger partial charge in [0.15, 0.2) is 0 Å². The minimum Gasteiger partial charge on any atom is -0.396 e. The molecule has 0 spiro atoms. The standard InChI is InChI=1S/C13H19NO2S/c1-10-4-3-5-12(6-10)14-13(16)9-17-8-11(2)7-15/h3-6,11,15H,7-9H2,1-2H3,(H,14,16). The molecule has 17 heavy (non-hydrogen) atoms. The van der Waals surface area contributed by atoms with Gasteiger partial charge in [0, 0.05) is 12.3 Å². The fourth-order valence-electron chi connectivity index (χ4n) is 1.33. The van der Waals surface area contributed by atoms with E-state index in [4.69, 9.17) is 5.11 Å². The monoisotopic (exact) mass is 253 g/mol. The maximum atomic E-state index is 11.6. The molecular weight excluding hydrogens is 234 g/mol. The van der Waals surface area contributed by atoms with E-state index in [0.717, 1.165) is 17.0 Å². The van der Waals surface area contributed by atoms with Gasteiger partial charge in [0.2, 0.25) is 5.91 Å². The van der Waals surface area contributed by atoms with Crippen LogP contribution in [0, 0.1) is 12.8 Å². The molecule has 2 N–H and O–H groups in total. The topological polar surface area (TPSA) is 49.3 Å². The van der Waals surface area contributed by atoms with Crippen LogP contribution < -0.4 is 5.32 Å². The Bertz CT molecular complexity index is 368. The van der Waals surface area contributed by atoms with Crippen LogP contribution in [0.1, 0.15) is 12.5 Å². The van der Waals surface area contributed by atoms with E-state index in [9.17, 15) is 4.79 Å². The summed E-state index contributed by atoms with van der Waals surface area (Å²) in [5, 5.41) is 11.7. The van der Waals surface area contributed by atoms with Gasteiger partial charge in [0.05, 0.1) is 5.75 Å². The third-order valence-electron chi connectivity index (χ3n) is 2.25. The van der Waals surface area contributed by atoms with E-state index in [2.05, 4.69) is 5.32 Å². The molecule has 0 saturated carbocycles. The van der Waals surface area contributed by atoms with Crippen LogP contribution in [0.2, 0.25) is 0 Å². The average Bonchev–Trinajstić information content (AvgIpc) is 2.28. The molecule has 0 radical (unpaired) electrons. The van der Waals surface area contributed by atoms with Gasteiger partial charge < -0.3 is 10.4 Å². The second-order valence-electron chi connectivity index (χ2n) is 4.22. The summed E-state index contributed by atoms with van der Waals surface area (Å²) < 4.78 is 0. The van der Waals surface area contributed by atoms with Gasteiger partial charge in [-0.2, -0.15) is 11.8 Å². The molecule has 1 aromatic rings. The quantitative estimate of drug-likeness (QED) is 0.818. The van der Waals surface area contributed by atoms with Crippen molar-refractivity contribution in [3.05, 3.63) is 29.8 Å². The van der Waals surface area contributed by atoms with E-state index < -0.39 is 0 Å². The van der Waals surface area contributed by atoms with Crippen molar-refractivity contribution in [1.29, 1.82) is 0 Å². The zero-order valence-electron chi connectivity index (χ0n) is 10.3. The summed E-state index contributed by atoms with van der Waals surface area (Å²) in [4.78, 5) is 11.6. The summed E-state index contributed by atoms with van der Waals surface area (Å²) in [6.07, 6.45) is 0. The van der Waals surface area contributed by atoms with Crippen LogP contribution in [0.3, 0.4) is 0 Å². The highest BCUT2D eigenvalue weighted by molar-refractivity contribution is 7.99. The smallest absolute Gasteiger partial charge is 0.234 e. The molecule has 1 rings (SSSR count). The predicted octanol–water partition coefficient (Wildman–Crippen LogP) is 2.30. The maximum Gasteiger partial charge on any atom is 0.234 e. The molecule has 0 saturated heterocycles. The number of aryl methyl sites for hydroxylation is 1. The molecular formula is C13H19NO2S. The first-order valence-electron chi connectivity index (χ1n) is 5.67. The van der Waals surface area contributed by atoms with Gasteiger partial charge in [0.1, 0.15) is 0 Å². The van der Waals surface area contributed by atoms with Crippen LogP contribution in [-0.2, 0) is 4.79 Å². The molecule has 0 aromatic heterocycles. The Hall–Kier alpha value is -1.00. The lowest BCUT2D eigenvalue weighted by atomic mass is 10.2. The second kappa shape index (κ2) is 7.35. The number of benzene rings is 1. The zero-order valence-corrected chi connectivity index (χ0v) is 11.1. The third kappa shape index (κ3) is 5.75. The van der Waals surface area contributed by atoms with Gasteiger partial charge in [-0.3, -0.25) is 4.79 Å². The minimum absolute atomic E-state index is 0.00531. The highest BCUT2D eigenvalue weighted by Gasteiger charge is 2.05. The highest BCUT2D eigenvalue weighted by Crippen LogP contribution is 2.11. The number of thioether (sulfide) groups is 1. The second-order valence-corrected chi connectivity index (χ2v) is 5.25. The van der Waals surface area contributed by atoms with E-state index in [0.29, 0.717) is 5.75 Å². The number of amides is 1. The first kappa shape index (κ1) is 14.1. The lowest BCUT2D eigenvalue weighted by Gasteiger charge is -2.08. The van der Waals surface area contributed by atoms with Crippen molar-refractivity contribution < 1.29 is 9.90 Å². The normalized spacial score (nSPS) is 12.2. The summed E-state index contributed by atoms with van der Waals surface area (Å²) in [6, 6.07) is 7.74. The van der Waals surface area contributed by atoms with Gasteiger partial charge in [-0.05, 0) is 36.3 Å². The number of carbonyl (C=O) groups excluding carboxylic acids is 1. The molecule has 4 heteroatoms. The molecule has 1 amide bonds. The Kier molecular flexibility index (Phi) is 6.08. The van der Waals surface area contributed by atoms with E-state index >= 15 is 0 Å². The summed E-state index contributed by atoms with van der Waals surface area (Å²) >= 11 is 1.55. The van der Waals surface area contributed by atoms with Crippen molar-refractivity contribution in [3.8, 4) is 0 Å². The Morgan fingerprint density at radius 1 is 1.53 bits per heavy atom. The third-order valence-corrected chi connectivity index (χ3v) is 3.52. The van der Waals surface area contributed by atoms with Gasteiger partial charge in [0.25, 0.3) is 0 Å². The van der Waals surface area contributed by atoms with E-state index in [1.807, 2.05) is 38.1 Å². The first-order chi connectivity index (χ1) is 8.11. The molecule has 0 aliphatic heterocycles. The number of anilines is 1. The summed E-state index contributed by atoms with van der Waals surface area (Å²) in [6.45, 7) is 4.13. The van der Waals surface area contributed by atoms with Crippen LogP contribution in [0.15, 0.2) is 24.3 Å². The molecule has 0 bridgehead atoms. The Morgan fingerprint density at radius 2 is 2.29 bits per heavy atom. The number of aliphatic hydroxyl groups is 1. The number of aliphatic hydroxyl groups excluding tert-OH is 1. The number of hydrogen-bond donors (Lipinski definition) is 2. The summed E-state index contributed by atoms with van der Waals surface area (Å²) in [7, 11) is 0. The van der Waals surface area contributed by atoms with Gasteiger partial charge in [-0.15, -0.1) is 0 Å². The number of nitrogens with one attached hydrogen (secondary N) is 1. The van der Waals surface area contributed by atoms with Crippen molar-refractivity contribution in [2.45, 2.75) is 13.8 Å². The van der Waals surface area contributed by atoms with Crippen LogP contribution >= 0.6 is 11.8 Å². The van der Waals surface area contributed by atoms with E-state index in [-0.39, 0.29) is 18.4 Å². The zero-order chi connectivity index (χ0) is 12.7. The lowest BCUT2D eigenvalue weighted by Crippen LogP contribution is -2.15. The average molecular weight is 253 g/mol. The van der Waals surface area contributed by atoms with E-state index in [1.165, 1.54) is 0 Å². The molecule has 94 valence electrons. The minimum atomic E-state index is 0.00531. The molecule has 0 aliphatic carbocycles. The van der Waals surface area contributed by atoms with Crippen LogP contribution in [0.5, 0.6) is 0 Å². The predicted molar refractivity (Wildman–Crippen MR) is 73.4 cm³/mol. The Labute approximate surface area is 107 Å². The summed E-state index contributed by atoms with van der Waals surface area (Å²) in [5.74, 6) is 1.48. The Balaban J connectivity index is 2.30.